The van der Waals surface area contributed by atoms with E-state index in [1.807, 2.05) is 62.1 Å². The Morgan fingerprint density at radius 1 is 1.00 bits per heavy atom. The third-order valence-corrected chi connectivity index (χ3v) is 5.74. The Morgan fingerprint density at radius 2 is 1.55 bits per heavy atom. The first-order valence-electron chi connectivity index (χ1n) is 10.2. The number of amides is 1. The van der Waals surface area contributed by atoms with Crippen LogP contribution >= 0.6 is 0 Å². The topological polar surface area (TPSA) is 60.9 Å². The van der Waals surface area contributed by atoms with E-state index in [1.165, 1.54) is 0 Å². The van der Waals surface area contributed by atoms with Crippen molar-refractivity contribution in [2.24, 2.45) is 5.92 Å². The fourth-order valence-electron chi connectivity index (χ4n) is 4.01. The van der Waals surface area contributed by atoms with Gasteiger partial charge in [-0.05, 0) is 68.1 Å². The fourth-order valence-corrected chi connectivity index (χ4v) is 4.01. The summed E-state index contributed by atoms with van der Waals surface area (Å²) in [4.78, 5) is 28.6. The van der Waals surface area contributed by atoms with E-state index >= 15 is 0 Å². The molecule has 2 aromatic carbocycles. The Labute approximate surface area is 172 Å². The van der Waals surface area contributed by atoms with E-state index in [0.29, 0.717) is 25.3 Å². The number of phenolic OH excluding ortho intramolecular Hbond substituents is 1. The number of phenols is 1. The van der Waals surface area contributed by atoms with Crippen LogP contribution in [0.3, 0.4) is 0 Å². The van der Waals surface area contributed by atoms with E-state index in [1.54, 1.807) is 6.92 Å². The summed E-state index contributed by atoms with van der Waals surface area (Å²) in [5.74, 6) is 0.486. The molecule has 0 radical (unpaired) electrons. The van der Waals surface area contributed by atoms with Crippen molar-refractivity contribution in [1.29, 1.82) is 0 Å². The maximum atomic E-state index is 12.9. The van der Waals surface area contributed by atoms with Crippen LogP contribution in [0.25, 0.3) is 0 Å². The average molecular weight is 395 g/mol. The molecule has 1 atom stereocenters. The minimum Gasteiger partial charge on any atom is -0.507 e. The van der Waals surface area contributed by atoms with Crippen LogP contribution in [0.2, 0.25) is 0 Å². The predicted molar refractivity (Wildman–Crippen MR) is 116 cm³/mol. The van der Waals surface area contributed by atoms with Gasteiger partial charge in [0.15, 0.2) is 5.78 Å². The molecule has 1 fully saturated rings. The summed E-state index contributed by atoms with van der Waals surface area (Å²) < 4.78 is 0. The van der Waals surface area contributed by atoms with Gasteiger partial charge in [0, 0.05) is 43.3 Å². The molecule has 0 bridgehead atoms. The van der Waals surface area contributed by atoms with Crippen molar-refractivity contribution < 1.29 is 14.7 Å². The normalized spacial score (nSPS) is 15.3. The Bertz CT molecular complexity index is 874. The number of hydrogen-bond donors (Lipinski definition) is 1. The Morgan fingerprint density at radius 3 is 2.07 bits per heavy atom. The van der Waals surface area contributed by atoms with Crippen molar-refractivity contribution in [3.05, 3.63) is 58.7 Å². The molecular weight excluding hydrogens is 364 g/mol. The van der Waals surface area contributed by atoms with Crippen molar-refractivity contribution in [3.63, 3.8) is 0 Å². The summed E-state index contributed by atoms with van der Waals surface area (Å²) in [6.07, 6.45) is 0.674. The second kappa shape index (κ2) is 8.68. The quantitative estimate of drug-likeness (QED) is 0.785. The lowest BCUT2D eigenvalue weighted by atomic mass is 9.96. The number of carbonyl (C=O) groups excluding carboxylic acids is 2. The zero-order valence-corrected chi connectivity index (χ0v) is 17.7. The van der Waals surface area contributed by atoms with Gasteiger partial charge in [-0.1, -0.05) is 19.1 Å². The summed E-state index contributed by atoms with van der Waals surface area (Å²) in [7, 11) is 0. The number of rotatable bonds is 5. The van der Waals surface area contributed by atoms with Gasteiger partial charge in [-0.3, -0.25) is 9.59 Å². The summed E-state index contributed by atoms with van der Waals surface area (Å²) in [5.41, 5.74) is 4.59. The molecule has 0 unspecified atom stereocenters. The molecule has 0 aromatic heterocycles. The summed E-state index contributed by atoms with van der Waals surface area (Å²) >= 11 is 0. The molecule has 0 saturated carbocycles. The lowest BCUT2D eigenvalue weighted by Gasteiger charge is -2.37. The van der Waals surface area contributed by atoms with Gasteiger partial charge in [0.05, 0.1) is 0 Å². The molecule has 3 rings (SSSR count). The summed E-state index contributed by atoms with van der Waals surface area (Å²) in [6, 6.07) is 11.6. The molecule has 5 nitrogen and oxygen atoms in total. The number of aryl methyl sites for hydroxylation is 2. The van der Waals surface area contributed by atoms with E-state index in [-0.39, 0.29) is 17.6 Å². The van der Waals surface area contributed by atoms with Gasteiger partial charge in [0.2, 0.25) is 5.91 Å². The predicted octanol–water partition coefficient (Wildman–Crippen LogP) is 3.74. The molecule has 0 spiro atoms. The molecule has 1 saturated heterocycles. The van der Waals surface area contributed by atoms with E-state index in [0.717, 1.165) is 41.0 Å². The number of nitrogens with zero attached hydrogens (tertiary/aromatic N) is 2. The van der Waals surface area contributed by atoms with Gasteiger partial charge in [-0.25, -0.2) is 0 Å². The van der Waals surface area contributed by atoms with Crippen LogP contribution in [0.5, 0.6) is 5.75 Å². The SMILES string of the molecule is CC(=O)c1ccc(N2CCN(C(=O)[C@H](C)Cc3cc(C)c(O)c(C)c3)CC2)cc1. The molecule has 2 aromatic rings. The Hall–Kier alpha value is -2.82. The molecule has 5 heteroatoms. The van der Waals surface area contributed by atoms with Crippen LogP contribution in [-0.4, -0.2) is 47.9 Å². The maximum Gasteiger partial charge on any atom is 0.225 e. The minimum atomic E-state index is -0.0975. The van der Waals surface area contributed by atoms with Gasteiger partial charge in [0.1, 0.15) is 5.75 Å². The zero-order chi connectivity index (χ0) is 21.1. The third kappa shape index (κ3) is 4.78. The second-order valence-corrected chi connectivity index (χ2v) is 8.10. The smallest absolute Gasteiger partial charge is 0.225 e. The van der Waals surface area contributed by atoms with Crippen molar-refractivity contribution >= 4 is 17.4 Å². The highest BCUT2D eigenvalue weighted by Crippen LogP contribution is 2.25. The zero-order valence-electron chi connectivity index (χ0n) is 17.7. The summed E-state index contributed by atoms with van der Waals surface area (Å²) in [6.45, 7) is 10.3. The highest BCUT2D eigenvalue weighted by molar-refractivity contribution is 5.94. The van der Waals surface area contributed by atoms with Gasteiger partial charge in [0.25, 0.3) is 0 Å². The van der Waals surface area contributed by atoms with Gasteiger partial charge in [-0.15, -0.1) is 0 Å². The van der Waals surface area contributed by atoms with Crippen molar-refractivity contribution in [2.75, 3.05) is 31.1 Å². The molecule has 0 aliphatic carbocycles. The Kier molecular flexibility index (Phi) is 6.26. The van der Waals surface area contributed by atoms with Crippen molar-refractivity contribution in [3.8, 4) is 5.75 Å². The largest absolute Gasteiger partial charge is 0.507 e. The van der Waals surface area contributed by atoms with E-state index in [4.69, 9.17) is 0 Å². The molecule has 154 valence electrons. The molecule has 1 heterocycles. The standard InChI is InChI=1S/C24H30N2O3/c1-16-13-20(14-17(2)23(16)28)15-18(3)24(29)26-11-9-25(10-12-26)22-7-5-21(6-8-22)19(4)27/h5-8,13-14,18,28H,9-12,15H2,1-4H3/t18-/m1/s1. The van der Waals surface area contributed by atoms with Crippen LogP contribution in [0.1, 0.15) is 40.9 Å². The minimum absolute atomic E-state index is 0.0694. The van der Waals surface area contributed by atoms with Crippen LogP contribution in [0.4, 0.5) is 5.69 Å². The number of benzene rings is 2. The summed E-state index contributed by atoms with van der Waals surface area (Å²) in [5, 5.41) is 9.94. The van der Waals surface area contributed by atoms with Crippen LogP contribution in [-0.2, 0) is 11.2 Å². The molecule has 1 amide bonds. The van der Waals surface area contributed by atoms with Crippen LogP contribution in [0, 0.1) is 19.8 Å². The van der Waals surface area contributed by atoms with E-state index in [2.05, 4.69) is 4.90 Å². The first-order chi connectivity index (χ1) is 13.8. The van der Waals surface area contributed by atoms with E-state index in [9.17, 15) is 14.7 Å². The van der Waals surface area contributed by atoms with Crippen molar-refractivity contribution in [2.45, 2.75) is 34.1 Å². The highest BCUT2D eigenvalue weighted by atomic mass is 16.3. The van der Waals surface area contributed by atoms with Gasteiger partial charge in [-0.2, -0.15) is 0 Å². The molecule has 29 heavy (non-hydrogen) atoms. The molecule has 1 N–H and O–H groups in total. The van der Waals surface area contributed by atoms with Crippen LogP contribution < -0.4 is 4.90 Å². The fraction of sp³-hybridized carbons (Fsp3) is 0.417. The lowest BCUT2D eigenvalue weighted by molar-refractivity contribution is -0.135. The number of piperazine rings is 1. The number of hydrogen-bond acceptors (Lipinski definition) is 4. The number of carbonyl (C=O) groups is 2. The molecular formula is C24H30N2O3. The Balaban J connectivity index is 1.57. The van der Waals surface area contributed by atoms with Crippen LogP contribution in [0.15, 0.2) is 36.4 Å². The number of ketones is 1. The number of aromatic hydroxyl groups is 1. The number of Topliss-reactive ketones (excluding diaryl/α,β-unsaturated/α-hetero) is 1. The van der Waals surface area contributed by atoms with Crippen molar-refractivity contribution in [1.82, 2.24) is 4.90 Å². The molecule has 1 aliphatic rings. The van der Waals surface area contributed by atoms with Gasteiger partial charge < -0.3 is 14.9 Å². The lowest BCUT2D eigenvalue weighted by Crippen LogP contribution is -2.50. The second-order valence-electron chi connectivity index (χ2n) is 8.10. The first-order valence-corrected chi connectivity index (χ1v) is 10.2. The molecule has 1 aliphatic heterocycles. The van der Waals surface area contributed by atoms with E-state index < -0.39 is 0 Å². The monoisotopic (exact) mass is 394 g/mol. The highest BCUT2D eigenvalue weighted by Gasteiger charge is 2.25. The number of anilines is 1. The average Bonchev–Trinajstić information content (AvgIpc) is 2.71. The maximum absolute atomic E-state index is 12.9. The third-order valence-electron chi connectivity index (χ3n) is 5.74. The van der Waals surface area contributed by atoms with Gasteiger partial charge >= 0.3 is 0 Å². The first kappa shape index (κ1) is 20.9.